The number of ether oxygens (including phenoxy) is 1. The second kappa shape index (κ2) is 5.81. The van der Waals surface area contributed by atoms with E-state index in [1.165, 1.54) is 13.2 Å². The van der Waals surface area contributed by atoms with E-state index >= 15 is 0 Å². The molecule has 0 spiro atoms. The van der Waals surface area contributed by atoms with Gasteiger partial charge < -0.3 is 20.5 Å². The van der Waals surface area contributed by atoms with Crippen molar-refractivity contribution < 1.29 is 19.4 Å². The molecule has 0 saturated carbocycles. The van der Waals surface area contributed by atoms with E-state index < -0.39 is 11.4 Å². The van der Waals surface area contributed by atoms with Crippen molar-refractivity contribution in [2.45, 2.75) is 13.8 Å². The lowest BCUT2D eigenvalue weighted by Gasteiger charge is -2.30. The van der Waals surface area contributed by atoms with E-state index in [0.29, 0.717) is 17.9 Å². The van der Waals surface area contributed by atoms with Gasteiger partial charge >= 0.3 is 11.9 Å². The van der Waals surface area contributed by atoms with Gasteiger partial charge in [-0.15, -0.1) is 0 Å². The molecule has 3 N–H and O–H groups in total. The Hall–Kier alpha value is -2.24. The van der Waals surface area contributed by atoms with E-state index in [1.807, 2.05) is 0 Å². The van der Waals surface area contributed by atoms with E-state index in [-0.39, 0.29) is 11.5 Å². The normalized spacial score (nSPS) is 11.0. The zero-order chi connectivity index (χ0) is 15.5. The Kier molecular flexibility index (Phi) is 4.60. The number of nitrogens with two attached hydrogens (primary N) is 1. The molecule has 0 amide bonds. The van der Waals surface area contributed by atoms with Crippen molar-refractivity contribution in [3.63, 3.8) is 0 Å². The Morgan fingerprint density at radius 2 is 2.00 bits per heavy atom. The number of benzene rings is 1. The van der Waals surface area contributed by atoms with Crippen LogP contribution in [0.1, 0.15) is 24.2 Å². The summed E-state index contributed by atoms with van der Waals surface area (Å²) < 4.78 is 4.75. The van der Waals surface area contributed by atoms with Crippen LogP contribution >= 0.6 is 0 Å². The second-order valence-electron chi connectivity index (χ2n) is 5.31. The van der Waals surface area contributed by atoms with Crippen molar-refractivity contribution >= 4 is 23.3 Å². The molecule has 0 aliphatic rings. The molecule has 0 aliphatic carbocycles. The summed E-state index contributed by atoms with van der Waals surface area (Å²) in [5.41, 5.74) is 5.85. The molecule has 0 bridgehead atoms. The molecule has 0 unspecified atom stereocenters. The highest BCUT2D eigenvalue weighted by molar-refractivity contribution is 5.95. The minimum absolute atomic E-state index is 0.105. The number of hydrogen-bond donors (Lipinski definition) is 2. The second-order valence-corrected chi connectivity index (χ2v) is 5.31. The first-order valence-electron chi connectivity index (χ1n) is 6.11. The van der Waals surface area contributed by atoms with Gasteiger partial charge in [-0.3, -0.25) is 4.79 Å². The van der Waals surface area contributed by atoms with Crippen LogP contribution in [0.25, 0.3) is 0 Å². The number of carbonyl (C=O) groups is 2. The Bertz CT molecular complexity index is 526. The van der Waals surface area contributed by atoms with Crippen LogP contribution in [-0.4, -0.2) is 37.7 Å². The van der Waals surface area contributed by atoms with Gasteiger partial charge in [0.15, 0.2) is 0 Å². The van der Waals surface area contributed by atoms with Crippen LogP contribution in [0.15, 0.2) is 18.2 Å². The summed E-state index contributed by atoms with van der Waals surface area (Å²) in [5, 5.41) is 9.22. The molecule has 1 aromatic carbocycles. The van der Waals surface area contributed by atoms with Gasteiger partial charge in [-0.1, -0.05) is 0 Å². The average molecular weight is 280 g/mol. The van der Waals surface area contributed by atoms with Crippen LogP contribution in [-0.2, 0) is 9.53 Å². The molecular formula is C14H20N2O4. The van der Waals surface area contributed by atoms with Gasteiger partial charge in [-0.05, 0) is 32.0 Å². The van der Waals surface area contributed by atoms with E-state index in [9.17, 15) is 14.7 Å². The van der Waals surface area contributed by atoms with Crippen LogP contribution in [0.5, 0.6) is 0 Å². The highest BCUT2D eigenvalue weighted by atomic mass is 16.5. The predicted molar refractivity (Wildman–Crippen MR) is 76.9 cm³/mol. The fraction of sp³-hybridized carbons (Fsp3) is 0.429. The highest BCUT2D eigenvalue weighted by Gasteiger charge is 2.31. The van der Waals surface area contributed by atoms with Crippen LogP contribution in [0.4, 0.5) is 11.4 Å². The Labute approximate surface area is 118 Å². The first-order chi connectivity index (χ1) is 9.19. The Morgan fingerprint density at radius 3 is 2.50 bits per heavy atom. The largest absolute Gasteiger partial charge is 0.478 e. The molecule has 0 atom stereocenters. The van der Waals surface area contributed by atoms with Gasteiger partial charge in [-0.2, -0.15) is 0 Å². The average Bonchev–Trinajstić information content (AvgIpc) is 2.36. The number of methoxy groups -OCH3 is 1. The fourth-order valence-electron chi connectivity index (χ4n) is 2.08. The third kappa shape index (κ3) is 3.40. The van der Waals surface area contributed by atoms with Crippen molar-refractivity contribution in [1.29, 1.82) is 0 Å². The minimum atomic E-state index is -1.06. The molecule has 0 fully saturated rings. The Balaban J connectivity index is 3.07. The van der Waals surface area contributed by atoms with Gasteiger partial charge in [0, 0.05) is 19.3 Å². The molecule has 6 heteroatoms. The van der Waals surface area contributed by atoms with Gasteiger partial charge in [-0.25, -0.2) is 4.79 Å². The van der Waals surface area contributed by atoms with Crippen LogP contribution in [0.2, 0.25) is 0 Å². The number of carboxylic acid groups (broad SMARTS) is 1. The number of anilines is 2. The zero-order valence-corrected chi connectivity index (χ0v) is 12.1. The van der Waals surface area contributed by atoms with Crippen molar-refractivity contribution in [1.82, 2.24) is 0 Å². The lowest BCUT2D eigenvalue weighted by Crippen LogP contribution is -2.38. The highest BCUT2D eigenvalue weighted by Crippen LogP contribution is 2.26. The third-order valence-corrected chi connectivity index (χ3v) is 3.03. The summed E-state index contributed by atoms with van der Waals surface area (Å²) in [6.45, 7) is 3.81. The number of hydrogen-bond acceptors (Lipinski definition) is 5. The molecule has 0 aromatic heterocycles. The van der Waals surface area contributed by atoms with Crippen LogP contribution < -0.4 is 10.6 Å². The third-order valence-electron chi connectivity index (χ3n) is 3.03. The predicted octanol–water partition coefficient (Wildman–Crippen LogP) is 1.60. The summed E-state index contributed by atoms with van der Waals surface area (Å²) in [6.07, 6.45) is 0. The molecule has 1 rings (SSSR count). The van der Waals surface area contributed by atoms with Crippen LogP contribution in [0, 0.1) is 5.41 Å². The molecule has 6 nitrogen and oxygen atoms in total. The SMILES string of the molecule is COC(=O)C(C)(C)CN(C)c1ccc(N)cc1C(=O)O. The summed E-state index contributed by atoms with van der Waals surface area (Å²) in [5.74, 6) is -1.41. The standard InChI is InChI=1S/C14H20N2O4/c1-14(2,13(19)20-4)8-16(3)11-6-5-9(15)7-10(11)12(17)18/h5-7H,8,15H2,1-4H3,(H,17,18). The number of carboxylic acids is 1. The quantitative estimate of drug-likeness (QED) is 0.628. The van der Waals surface area contributed by atoms with Crippen LogP contribution in [0.3, 0.4) is 0 Å². The lowest BCUT2D eigenvalue weighted by atomic mass is 9.92. The fourth-order valence-corrected chi connectivity index (χ4v) is 2.08. The summed E-state index contributed by atoms with van der Waals surface area (Å²) >= 11 is 0. The maximum atomic E-state index is 11.7. The molecule has 0 radical (unpaired) electrons. The molecule has 1 aromatic rings. The number of aromatic carboxylic acids is 1. The molecule has 20 heavy (non-hydrogen) atoms. The molecule has 0 saturated heterocycles. The molecular weight excluding hydrogens is 260 g/mol. The zero-order valence-electron chi connectivity index (χ0n) is 12.1. The van der Waals surface area contributed by atoms with E-state index in [4.69, 9.17) is 10.5 Å². The van der Waals surface area contributed by atoms with Gasteiger partial charge in [0.1, 0.15) is 0 Å². The number of nitrogen functional groups attached to an aromatic ring is 1. The summed E-state index contributed by atoms with van der Waals surface area (Å²) in [4.78, 5) is 24.7. The molecule has 0 aliphatic heterocycles. The van der Waals surface area contributed by atoms with Crippen molar-refractivity contribution in [3.05, 3.63) is 23.8 Å². The summed E-state index contributed by atoms with van der Waals surface area (Å²) in [7, 11) is 3.05. The maximum absolute atomic E-state index is 11.7. The summed E-state index contributed by atoms with van der Waals surface area (Å²) in [6, 6.07) is 4.66. The van der Waals surface area contributed by atoms with Crippen molar-refractivity contribution in [2.75, 3.05) is 31.3 Å². The smallest absolute Gasteiger partial charge is 0.337 e. The number of nitrogens with zero attached hydrogens (tertiary/aromatic N) is 1. The minimum Gasteiger partial charge on any atom is -0.478 e. The Morgan fingerprint density at radius 1 is 1.40 bits per heavy atom. The topological polar surface area (TPSA) is 92.9 Å². The van der Waals surface area contributed by atoms with Crippen molar-refractivity contribution in [3.8, 4) is 0 Å². The van der Waals surface area contributed by atoms with Gasteiger partial charge in [0.25, 0.3) is 0 Å². The first kappa shape index (κ1) is 15.8. The van der Waals surface area contributed by atoms with Gasteiger partial charge in [0.05, 0.1) is 23.8 Å². The molecule has 110 valence electrons. The molecule has 0 heterocycles. The van der Waals surface area contributed by atoms with E-state index in [1.54, 1.807) is 37.9 Å². The lowest BCUT2D eigenvalue weighted by molar-refractivity contribution is -0.150. The van der Waals surface area contributed by atoms with E-state index in [2.05, 4.69) is 0 Å². The van der Waals surface area contributed by atoms with Crippen molar-refractivity contribution in [2.24, 2.45) is 5.41 Å². The number of carbonyl (C=O) groups excluding carboxylic acids is 1. The maximum Gasteiger partial charge on any atom is 0.337 e. The number of esters is 1. The first-order valence-corrected chi connectivity index (χ1v) is 6.11. The monoisotopic (exact) mass is 280 g/mol. The van der Waals surface area contributed by atoms with Gasteiger partial charge in [0.2, 0.25) is 0 Å². The number of rotatable bonds is 5. The van der Waals surface area contributed by atoms with E-state index in [0.717, 1.165) is 0 Å².